The smallest absolute Gasteiger partial charge is 0.0932 e. The number of anilines is 1. The Kier molecular flexibility index (Phi) is 2.35. The molecule has 5 heteroatoms. The highest BCUT2D eigenvalue weighted by molar-refractivity contribution is 6.35. The molecular weight excluding hydrogens is 248 g/mol. The Hall–Kier alpha value is -1.94. The number of halogens is 1. The average molecular weight is 261 g/mol. The Bertz CT molecular complexity index is 719. The van der Waals surface area contributed by atoms with Gasteiger partial charge in [-0.3, -0.25) is 4.68 Å². The standard InChI is InChI=1S/C13H13ClN4/c1-7-11(13-10(15)6-16-18(13)2)8-4-3-5-9(14)12(8)17-7/h3-6,17H,15H2,1-2H3. The number of aryl methyl sites for hydroxylation is 2. The van der Waals surface area contributed by atoms with E-state index in [4.69, 9.17) is 17.3 Å². The fourth-order valence-corrected chi connectivity index (χ4v) is 2.60. The van der Waals surface area contributed by atoms with Crippen LogP contribution in [0.2, 0.25) is 5.02 Å². The maximum atomic E-state index is 6.20. The molecule has 0 saturated heterocycles. The van der Waals surface area contributed by atoms with Crippen molar-refractivity contribution in [1.29, 1.82) is 0 Å². The summed E-state index contributed by atoms with van der Waals surface area (Å²) in [6.07, 6.45) is 1.66. The third-order valence-corrected chi connectivity index (χ3v) is 3.49. The number of para-hydroxylation sites is 1. The Balaban J connectivity index is 2.43. The number of rotatable bonds is 1. The number of fused-ring (bicyclic) bond motifs is 1. The van der Waals surface area contributed by atoms with Crippen LogP contribution in [0.3, 0.4) is 0 Å². The highest BCUT2D eigenvalue weighted by Crippen LogP contribution is 2.37. The maximum Gasteiger partial charge on any atom is 0.0932 e. The molecule has 2 heterocycles. The van der Waals surface area contributed by atoms with Crippen molar-refractivity contribution in [2.75, 3.05) is 5.73 Å². The third-order valence-electron chi connectivity index (χ3n) is 3.17. The second kappa shape index (κ2) is 3.78. The molecule has 0 aliphatic carbocycles. The molecule has 0 unspecified atom stereocenters. The van der Waals surface area contributed by atoms with Crippen molar-refractivity contribution in [3.05, 3.63) is 35.1 Å². The molecule has 3 rings (SSSR count). The van der Waals surface area contributed by atoms with Crippen LogP contribution in [-0.4, -0.2) is 14.8 Å². The number of nitrogens with two attached hydrogens (primary N) is 1. The molecule has 0 aliphatic heterocycles. The maximum absolute atomic E-state index is 6.20. The molecule has 0 amide bonds. The lowest BCUT2D eigenvalue weighted by Crippen LogP contribution is -1.96. The first kappa shape index (κ1) is 11.2. The van der Waals surface area contributed by atoms with Gasteiger partial charge >= 0.3 is 0 Å². The molecule has 0 atom stereocenters. The minimum absolute atomic E-state index is 0.668. The van der Waals surface area contributed by atoms with E-state index in [1.807, 2.05) is 32.2 Å². The van der Waals surface area contributed by atoms with Crippen molar-refractivity contribution in [2.45, 2.75) is 6.92 Å². The molecule has 18 heavy (non-hydrogen) atoms. The van der Waals surface area contributed by atoms with E-state index in [0.29, 0.717) is 10.7 Å². The van der Waals surface area contributed by atoms with Crippen molar-refractivity contribution in [3.8, 4) is 11.3 Å². The van der Waals surface area contributed by atoms with Crippen LogP contribution in [0.1, 0.15) is 5.69 Å². The Labute approximate surface area is 109 Å². The lowest BCUT2D eigenvalue weighted by molar-refractivity contribution is 0.776. The SMILES string of the molecule is Cc1[nH]c2c(Cl)cccc2c1-c1c(N)cnn1C. The lowest BCUT2D eigenvalue weighted by Gasteiger charge is -2.04. The van der Waals surface area contributed by atoms with Crippen molar-refractivity contribution < 1.29 is 0 Å². The van der Waals surface area contributed by atoms with Gasteiger partial charge in [-0.15, -0.1) is 0 Å². The lowest BCUT2D eigenvalue weighted by atomic mass is 10.1. The van der Waals surface area contributed by atoms with E-state index < -0.39 is 0 Å². The third kappa shape index (κ3) is 1.42. The normalized spacial score (nSPS) is 11.3. The Morgan fingerprint density at radius 2 is 2.17 bits per heavy atom. The molecule has 4 nitrogen and oxygen atoms in total. The van der Waals surface area contributed by atoms with Crippen LogP contribution >= 0.6 is 11.6 Å². The molecular formula is C13H13ClN4. The van der Waals surface area contributed by atoms with E-state index in [-0.39, 0.29) is 0 Å². The van der Waals surface area contributed by atoms with Gasteiger partial charge in [0.2, 0.25) is 0 Å². The number of nitrogens with zero attached hydrogens (tertiary/aromatic N) is 2. The van der Waals surface area contributed by atoms with Crippen molar-refractivity contribution >= 4 is 28.2 Å². The predicted octanol–water partition coefficient (Wildman–Crippen LogP) is 3.11. The molecule has 2 aromatic heterocycles. The van der Waals surface area contributed by atoms with Gasteiger partial charge in [0.05, 0.1) is 28.1 Å². The zero-order valence-corrected chi connectivity index (χ0v) is 10.9. The molecule has 0 radical (unpaired) electrons. The average Bonchev–Trinajstić information content (AvgIpc) is 2.81. The quantitative estimate of drug-likeness (QED) is 0.706. The Morgan fingerprint density at radius 1 is 1.39 bits per heavy atom. The highest BCUT2D eigenvalue weighted by Gasteiger charge is 2.17. The minimum Gasteiger partial charge on any atom is -0.396 e. The van der Waals surface area contributed by atoms with Gasteiger partial charge in [0.15, 0.2) is 0 Å². The Morgan fingerprint density at radius 3 is 2.83 bits per heavy atom. The fraction of sp³-hybridized carbons (Fsp3) is 0.154. The summed E-state index contributed by atoms with van der Waals surface area (Å²) >= 11 is 6.20. The summed E-state index contributed by atoms with van der Waals surface area (Å²) in [4.78, 5) is 3.31. The number of hydrogen-bond donors (Lipinski definition) is 2. The number of nitrogens with one attached hydrogen (secondary N) is 1. The number of H-pyrrole nitrogens is 1. The second-order valence-electron chi connectivity index (χ2n) is 4.36. The van der Waals surface area contributed by atoms with E-state index in [2.05, 4.69) is 10.1 Å². The number of aromatic amines is 1. The van der Waals surface area contributed by atoms with Crippen molar-refractivity contribution in [2.24, 2.45) is 7.05 Å². The van der Waals surface area contributed by atoms with Gasteiger partial charge in [-0.2, -0.15) is 5.10 Å². The van der Waals surface area contributed by atoms with E-state index in [9.17, 15) is 0 Å². The molecule has 3 N–H and O–H groups in total. The first-order chi connectivity index (χ1) is 8.59. The van der Waals surface area contributed by atoms with E-state index in [0.717, 1.165) is 27.9 Å². The molecule has 0 saturated carbocycles. The van der Waals surface area contributed by atoms with Crippen LogP contribution in [0.25, 0.3) is 22.2 Å². The molecule has 1 aromatic carbocycles. The van der Waals surface area contributed by atoms with Crippen molar-refractivity contribution in [1.82, 2.24) is 14.8 Å². The van der Waals surface area contributed by atoms with Crippen LogP contribution in [0.15, 0.2) is 24.4 Å². The molecule has 92 valence electrons. The topological polar surface area (TPSA) is 59.6 Å². The summed E-state index contributed by atoms with van der Waals surface area (Å²) in [7, 11) is 1.88. The van der Waals surface area contributed by atoms with E-state index >= 15 is 0 Å². The molecule has 0 aliphatic rings. The van der Waals surface area contributed by atoms with E-state index in [1.165, 1.54) is 0 Å². The predicted molar refractivity (Wildman–Crippen MR) is 74.7 cm³/mol. The minimum atomic E-state index is 0.668. The summed E-state index contributed by atoms with van der Waals surface area (Å²) in [6.45, 7) is 2.01. The van der Waals surface area contributed by atoms with Crippen LogP contribution in [0.4, 0.5) is 5.69 Å². The summed E-state index contributed by atoms with van der Waals surface area (Å²) in [6, 6.07) is 5.84. The monoisotopic (exact) mass is 260 g/mol. The number of nitrogen functional groups attached to an aromatic ring is 1. The summed E-state index contributed by atoms with van der Waals surface area (Å²) in [5.74, 6) is 0. The van der Waals surface area contributed by atoms with Gasteiger partial charge in [0.1, 0.15) is 0 Å². The van der Waals surface area contributed by atoms with Gasteiger partial charge in [0.25, 0.3) is 0 Å². The first-order valence-electron chi connectivity index (χ1n) is 5.64. The highest BCUT2D eigenvalue weighted by atomic mass is 35.5. The molecule has 0 spiro atoms. The van der Waals surface area contributed by atoms with Crippen LogP contribution in [-0.2, 0) is 7.05 Å². The zero-order chi connectivity index (χ0) is 12.9. The summed E-state index contributed by atoms with van der Waals surface area (Å²) in [5, 5.41) is 5.96. The van der Waals surface area contributed by atoms with Crippen molar-refractivity contribution in [3.63, 3.8) is 0 Å². The first-order valence-corrected chi connectivity index (χ1v) is 6.02. The second-order valence-corrected chi connectivity index (χ2v) is 4.77. The van der Waals surface area contributed by atoms with E-state index in [1.54, 1.807) is 10.9 Å². The van der Waals surface area contributed by atoms with Crippen LogP contribution in [0, 0.1) is 6.92 Å². The van der Waals surface area contributed by atoms with Gasteiger partial charge in [-0.1, -0.05) is 23.7 Å². The molecule has 0 fully saturated rings. The molecule has 0 bridgehead atoms. The largest absolute Gasteiger partial charge is 0.396 e. The summed E-state index contributed by atoms with van der Waals surface area (Å²) in [5.41, 5.74) is 10.6. The fourth-order valence-electron chi connectivity index (χ4n) is 2.38. The van der Waals surface area contributed by atoms with Gasteiger partial charge < -0.3 is 10.7 Å². The van der Waals surface area contributed by atoms with Gasteiger partial charge in [-0.05, 0) is 13.0 Å². The van der Waals surface area contributed by atoms with Gasteiger partial charge in [-0.25, -0.2) is 0 Å². The van der Waals surface area contributed by atoms with Crippen LogP contribution < -0.4 is 5.73 Å². The zero-order valence-electron chi connectivity index (χ0n) is 10.2. The molecule has 3 aromatic rings. The summed E-state index contributed by atoms with van der Waals surface area (Å²) < 4.78 is 1.78. The number of hydrogen-bond acceptors (Lipinski definition) is 2. The number of benzene rings is 1. The van der Waals surface area contributed by atoms with Crippen LogP contribution in [0.5, 0.6) is 0 Å². The number of aromatic nitrogens is 3. The van der Waals surface area contributed by atoms with Gasteiger partial charge in [0, 0.05) is 23.7 Å².